The molecule has 0 aliphatic heterocycles. The Hall–Kier alpha value is -1.41. The van der Waals surface area contributed by atoms with Crippen molar-refractivity contribution in [3.63, 3.8) is 0 Å². The SMILES string of the molecule is Cc1c(C)c(C)c2c(oc3c(C)c(C)c(S)c(C)c32)c1C. The molecule has 2 aromatic carbocycles. The van der Waals surface area contributed by atoms with Crippen molar-refractivity contribution < 1.29 is 4.42 Å². The average Bonchev–Trinajstić information content (AvgIpc) is 2.87. The molecule has 1 heterocycles. The molecule has 0 radical (unpaired) electrons. The normalized spacial score (nSPS) is 11.8. The molecule has 0 saturated carbocycles. The lowest BCUT2D eigenvalue weighted by Crippen LogP contribution is -1.93. The van der Waals surface area contributed by atoms with Crippen LogP contribution in [0.15, 0.2) is 9.31 Å². The molecule has 3 aromatic rings. The first-order chi connectivity index (χ1) is 9.77. The number of benzene rings is 2. The van der Waals surface area contributed by atoms with Crippen LogP contribution in [0.4, 0.5) is 0 Å². The Labute approximate surface area is 131 Å². The van der Waals surface area contributed by atoms with Crippen LogP contribution in [0.1, 0.15) is 38.9 Å². The van der Waals surface area contributed by atoms with Gasteiger partial charge in [-0.3, -0.25) is 0 Å². The standard InChI is InChI=1S/C19H22OS/c1-8-9(2)11(4)17-15(10(8)3)16-14(7)19(21)13(6)12(5)18(16)20-17/h21H,1-7H3. The van der Waals surface area contributed by atoms with Crippen molar-refractivity contribution in [3.8, 4) is 0 Å². The second-order valence-electron chi connectivity index (χ2n) is 6.23. The number of thiol groups is 1. The van der Waals surface area contributed by atoms with Crippen molar-refractivity contribution in [3.05, 3.63) is 38.9 Å². The minimum Gasteiger partial charge on any atom is -0.455 e. The molecule has 0 unspecified atom stereocenters. The zero-order valence-corrected chi connectivity index (χ0v) is 14.7. The van der Waals surface area contributed by atoms with E-state index in [-0.39, 0.29) is 0 Å². The van der Waals surface area contributed by atoms with Gasteiger partial charge in [-0.05, 0) is 87.4 Å². The van der Waals surface area contributed by atoms with Gasteiger partial charge in [0.05, 0.1) is 0 Å². The zero-order valence-electron chi connectivity index (χ0n) is 13.9. The summed E-state index contributed by atoms with van der Waals surface area (Å²) in [7, 11) is 0. The first-order valence-electron chi connectivity index (χ1n) is 7.38. The lowest BCUT2D eigenvalue weighted by Gasteiger charge is -2.11. The van der Waals surface area contributed by atoms with Crippen molar-refractivity contribution in [1.82, 2.24) is 0 Å². The van der Waals surface area contributed by atoms with Gasteiger partial charge in [-0.15, -0.1) is 12.6 Å². The van der Waals surface area contributed by atoms with Crippen molar-refractivity contribution in [2.75, 3.05) is 0 Å². The van der Waals surface area contributed by atoms with Gasteiger partial charge in [0.2, 0.25) is 0 Å². The van der Waals surface area contributed by atoms with Gasteiger partial charge in [0.25, 0.3) is 0 Å². The fraction of sp³-hybridized carbons (Fsp3) is 0.368. The molecule has 0 fully saturated rings. The maximum absolute atomic E-state index is 6.31. The minimum absolute atomic E-state index is 1.02. The number of furan rings is 1. The summed E-state index contributed by atoms with van der Waals surface area (Å²) in [4.78, 5) is 1.08. The van der Waals surface area contributed by atoms with Crippen LogP contribution in [0.2, 0.25) is 0 Å². The van der Waals surface area contributed by atoms with E-state index >= 15 is 0 Å². The molecule has 0 spiro atoms. The highest BCUT2D eigenvalue weighted by Crippen LogP contribution is 2.42. The zero-order chi connectivity index (χ0) is 15.6. The monoisotopic (exact) mass is 298 g/mol. The number of hydrogen-bond acceptors (Lipinski definition) is 2. The fourth-order valence-electron chi connectivity index (χ4n) is 3.34. The average molecular weight is 298 g/mol. The molecule has 3 rings (SSSR count). The molecular formula is C19H22OS. The highest BCUT2D eigenvalue weighted by molar-refractivity contribution is 7.80. The molecule has 0 bridgehead atoms. The molecule has 1 aromatic heterocycles. The van der Waals surface area contributed by atoms with Crippen LogP contribution in [0, 0.1) is 48.5 Å². The number of hydrogen-bond donors (Lipinski definition) is 1. The molecule has 0 aliphatic carbocycles. The van der Waals surface area contributed by atoms with E-state index in [9.17, 15) is 0 Å². The lowest BCUT2D eigenvalue weighted by molar-refractivity contribution is 0.660. The predicted octanol–water partition coefficient (Wildman–Crippen LogP) is 6.03. The van der Waals surface area contributed by atoms with Gasteiger partial charge in [-0.2, -0.15) is 0 Å². The van der Waals surface area contributed by atoms with Crippen LogP contribution in [0.3, 0.4) is 0 Å². The van der Waals surface area contributed by atoms with E-state index in [0.717, 1.165) is 16.1 Å². The van der Waals surface area contributed by atoms with E-state index in [1.165, 1.54) is 49.7 Å². The first kappa shape index (κ1) is 14.5. The van der Waals surface area contributed by atoms with Gasteiger partial charge < -0.3 is 4.42 Å². The third kappa shape index (κ3) is 1.72. The smallest absolute Gasteiger partial charge is 0.138 e. The topological polar surface area (TPSA) is 13.1 Å². The molecule has 110 valence electrons. The van der Waals surface area contributed by atoms with E-state index < -0.39 is 0 Å². The van der Waals surface area contributed by atoms with Gasteiger partial charge in [0.1, 0.15) is 11.2 Å². The van der Waals surface area contributed by atoms with Gasteiger partial charge in [0, 0.05) is 15.7 Å². The van der Waals surface area contributed by atoms with Gasteiger partial charge in [0.15, 0.2) is 0 Å². The van der Waals surface area contributed by atoms with Crippen LogP contribution >= 0.6 is 12.6 Å². The molecule has 2 heteroatoms. The molecule has 0 aliphatic rings. The molecule has 0 N–H and O–H groups in total. The Morgan fingerprint density at radius 2 is 0.952 bits per heavy atom. The van der Waals surface area contributed by atoms with Crippen molar-refractivity contribution >= 4 is 34.6 Å². The summed E-state index contributed by atoms with van der Waals surface area (Å²) >= 11 is 4.72. The van der Waals surface area contributed by atoms with Crippen LogP contribution in [0.5, 0.6) is 0 Å². The second-order valence-corrected chi connectivity index (χ2v) is 6.68. The van der Waals surface area contributed by atoms with Crippen molar-refractivity contribution in [1.29, 1.82) is 0 Å². The highest BCUT2D eigenvalue weighted by Gasteiger charge is 2.21. The van der Waals surface area contributed by atoms with Crippen LogP contribution < -0.4 is 0 Å². The summed E-state index contributed by atoms with van der Waals surface area (Å²) < 4.78 is 6.31. The fourth-order valence-corrected chi connectivity index (χ4v) is 3.62. The van der Waals surface area contributed by atoms with Crippen molar-refractivity contribution in [2.45, 2.75) is 53.4 Å². The summed E-state index contributed by atoms with van der Waals surface area (Å²) in [6, 6.07) is 0. The Morgan fingerprint density at radius 3 is 1.52 bits per heavy atom. The lowest BCUT2D eigenvalue weighted by atomic mass is 9.92. The van der Waals surface area contributed by atoms with E-state index in [1.807, 2.05) is 0 Å². The second kappa shape index (κ2) is 4.54. The third-order valence-corrected chi connectivity index (χ3v) is 5.97. The van der Waals surface area contributed by atoms with Gasteiger partial charge >= 0.3 is 0 Å². The molecule has 21 heavy (non-hydrogen) atoms. The molecule has 1 nitrogen and oxygen atoms in total. The Kier molecular flexibility index (Phi) is 3.14. The van der Waals surface area contributed by atoms with E-state index in [0.29, 0.717) is 0 Å². The van der Waals surface area contributed by atoms with Gasteiger partial charge in [-0.1, -0.05) is 0 Å². The quantitative estimate of drug-likeness (QED) is 0.500. The number of fused-ring (bicyclic) bond motifs is 3. The largest absolute Gasteiger partial charge is 0.455 e. The van der Waals surface area contributed by atoms with Crippen LogP contribution in [0.25, 0.3) is 21.9 Å². The first-order valence-corrected chi connectivity index (χ1v) is 7.83. The highest BCUT2D eigenvalue weighted by atomic mass is 32.1. The van der Waals surface area contributed by atoms with Crippen molar-refractivity contribution in [2.24, 2.45) is 0 Å². The summed E-state index contributed by atoms with van der Waals surface area (Å²) in [6.45, 7) is 15.1. The molecule has 0 saturated heterocycles. The Balaban J connectivity index is 2.73. The third-order valence-electron chi connectivity index (χ3n) is 5.30. The van der Waals surface area contributed by atoms with E-state index in [1.54, 1.807) is 0 Å². The summed E-state index contributed by atoms with van der Waals surface area (Å²) in [5, 5.41) is 2.50. The van der Waals surface area contributed by atoms with Gasteiger partial charge in [-0.25, -0.2) is 0 Å². The predicted molar refractivity (Wildman–Crippen MR) is 94.1 cm³/mol. The number of rotatable bonds is 0. The molecule has 0 amide bonds. The summed E-state index contributed by atoms with van der Waals surface area (Å²) in [5.41, 5.74) is 11.0. The number of aryl methyl sites for hydroxylation is 4. The minimum atomic E-state index is 1.02. The van der Waals surface area contributed by atoms with E-state index in [4.69, 9.17) is 17.0 Å². The molecule has 0 atom stereocenters. The van der Waals surface area contributed by atoms with Crippen LogP contribution in [-0.2, 0) is 0 Å². The van der Waals surface area contributed by atoms with Crippen LogP contribution in [-0.4, -0.2) is 0 Å². The summed E-state index contributed by atoms with van der Waals surface area (Å²) in [5.74, 6) is 0. The summed E-state index contributed by atoms with van der Waals surface area (Å²) in [6.07, 6.45) is 0. The molecular weight excluding hydrogens is 276 g/mol. The maximum Gasteiger partial charge on any atom is 0.138 e. The maximum atomic E-state index is 6.31. The van der Waals surface area contributed by atoms with E-state index in [2.05, 4.69) is 48.5 Å². The Bertz CT molecular complexity index is 839. The Morgan fingerprint density at radius 1 is 0.524 bits per heavy atom.